The number of hydrogen-bond donors (Lipinski definition) is 1. The molecule has 0 unspecified atom stereocenters. The van der Waals surface area contributed by atoms with Crippen molar-refractivity contribution >= 4 is 5.91 Å². The van der Waals surface area contributed by atoms with Crippen LogP contribution in [-0.4, -0.2) is 5.91 Å². The Morgan fingerprint density at radius 3 is 2.22 bits per heavy atom. The third-order valence-electron chi connectivity index (χ3n) is 2.82. The zero-order valence-corrected chi connectivity index (χ0v) is 12.0. The molecule has 1 N–H and O–H groups in total. The van der Waals surface area contributed by atoms with Crippen molar-refractivity contribution in [2.75, 3.05) is 0 Å². The van der Waals surface area contributed by atoms with Crippen molar-refractivity contribution < 1.29 is 4.79 Å². The minimum atomic E-state index is 0.143. The number of benzene rings is 1. The molecule has 0 saturated heterocycles. The first-order chi connectivity index (χ1) is 8.49. The first-order valence-electron chi connectivity index (χ1n) is 6.82. The van der Waals surface area contributed by atoms with E-state index < -0.39 is 0 Å². The Bertz CT molecular complexity index is 382. The highest BCUT2D eigenvalue weighted by Crippen LogP contribution is 2.13. The summed E-state index contributed by atoms with van der Waals surface area (Å²) < 4.78 is 0. The highest BCUT2D eigenvalue weighted by atomic mass is 16.1. The molecule has 0 radical (unpaired) electrons. The van der Waals surface area contributed by atoms with E-state index in [1.54, 1.807) is 0 Å². The van der Waals surface area contributed by atoms with E-state index in [1.807, 2.05) is 6.07 Å². The summed E-state index contributed by atoms with van der Waals surface area (Å²) in [5.74, 6) is 1.19. The minimum absolute atomic E-state index is 0.143. The molecule has 0 aromatic heterocycles. The van der Waals surface area contributed by atoms with Crippen LogP contribution in [-0.2, 0) is 17.8 Å². The lowest BCUT2D eigenvalue weighted by Crippen LogP contribution is -2.24. The molecule has 18 heavy (non-hydrogen) atoms. The Hall–Kier alpha value is -1.31. The fraction of sp³-hybridized carbons (Fsp3) is 0.562. The molecule has 0 aliphatic carbocycles. The third-order valence-corrected chi connectivity index (χ3v) is 2.82. The summed E-state index contributed by atoms with van der Waals surface area (Å²) in [6.07, 6.45) is 1.67. The van der Waals surface area contributed by atoms with Crippen LogP contribution in [0, 0.1) is 11.8 Å². The van der Waals surface area contributed by atoms with Crippen molar-refractivity contribution in [1.82, 2.24) is 5.32 Å². The highest BCUT2D eigenvalue weighted by Gasteiger charge is 2.07. The molecule has 1 aromatic rings. The van der Waals surface area contributed by atoms with Crippen LogP contribution >= 0.6 is 0 Å². The van der Waals surface area contributed by atoms with Gasteiger partial charge in [0.05, 0.1) is 0 Å². The maximum absolute atomic E-state index is 11.6. The summed E-state index contributed by atoms with van der Waals surface area (Å²) in [5, 5.41) is 3.00. The average Bonchev–Trinajstić information content (AvgIpc) is 2.26. The van der Waals surface area contributed by atoms with Gasteiger partial charge in [-0.3, -0.25) is 4.79 Å². The molecule has 0 aliphatic rings. The summed E-state index contributed by atoms with van der Waals surface area (Å²) in [6, 6.07) is 8.36. The zero-order valence-electron chi connectivity index (χ0n) is 12.0. The molecule has 2 heteroatoms. The van der Waals surface area contributed by atoms with E-state index in [2.05, 4.69) is 51.2 Å². The Kier molecular flexibility index (Phi) is 5.90. The van der Waals surface area contributed by atoms with E-state index in [9.17, 15) is 4.79 Å². The molecule has 1 amide bonds. The molecular weight excluding hydrogens is 222 g/mol. The Morgan fingerprint density at radius 1 is 1.06 bits per heavy atom. The van der Waals surface area contributed by atoms with Gasteiger partial charge in [0.1, 0.15) is 0 Å². The summed E-state index contributed by atoms with van der Waals surface area (Å²) in [6.45, 7) is 9.20. The van der Waals surface area contributed by atoms with Crippen LogP contribution in [0.4, 0.5) is 0 Å². The normalized spacial score (nSPS) is 11.0. The van der Waals surface area contributed by atoms with Crippen molar-refractivity contribution in [3.05, 3.63) is 35.4 Å². The van der Waals surface area contributed by atoms with Crippen molar-refractivity contribution in [1.29, 1.82) is 0 Å². The van der Waals surface area contributed by atoms with Crippen LogP contribution in [0.1, 0.15) is 45.2 Å². The van der Waals surface area contributed by atoms with Gasteiger partial charge in [-0.05, 0) is 29.4 Å². The van der Waals surface area contributed by atoms with Gasteiger partial charge in [-0.15, -0.1) is 0 Å². The maximum atomic E-state index is 11.6. The fourth-order valence-corrected chi connectivity index (χ4v) is 2.01. The Labute approximate surface area is 111 Å². The van der Waals surface area contributed by atoms with Gasteiger partial charge in [-0.2, -0.15) is 0 Å². The van der Waals surface area contributed by atoms with Crippen molar-refractivity contribution in [3.8, 4) is 0 Å². The number of nitrogens with one attached hydrogen (secondary N) is 1. The first kappa shape index (κ1) is 14.7. The highest BCUT2D eigenvalue weighted by molar-refractivity contribution is 5.76. The third kappa shape index (κ3) is 5.35. The van der Waals surface area contributed by atoms with E-state index in [0.717, 1.165) is 6.42 Å². The molecule has 0 fully saturated rings. The van der Waals surface area contributed by atoms with Crippen molar-refractivity contribution in [3.63, 3.8) is 0 Å². The van der Waals surface area contributed by atoms with Crippen LogP contribution in [0.15, 0.2) is 24.3 Å². The molecule has 1 aromatic carbocycles. The molecule has 2 nitrogen and oxygen atoms in total. The van der Waals surface area contributed by atoms with Gasteiger partial charge >= 0.3 is 0 Å². The summed E-state index contributed by atoms with van der Waals surface area (Å²) in [5.41, 5.74) is 2.58. The van der Waals surface area contributed by atoms with Crippen LogP contribution < -0.4 is 5.32 Å². The van der Waals surface area contributed by atoms with Gasteiger partial charge in [-0.1, -0.05) is 52.0 Å². The van der Waals surface area contributed by atoms with Crippen LogP contribution in [0.2, 0.25) is 0 Å². The quantitative estimate of drug-likeness (QED) is 0.818. The molecule has 0 spiro atoms. The zero-order chi connectivity index (χ0) is 13.5. The van der Waals surface area contributed by atoms with Crippen LogP contribution in [0.3, 0.4) is 0 Å². The SMILES string of the molecule is CC(C)CC(=O)NCc1ccccc1CC(C)C. The second-order valence-electron chi connectivity index (χ2n) is 5.74. The van der Waals surface area contributed by atoms with Crippen LogP contribution in [0.5, 0.6) is 0 Å². The lowest BCUT2D eigenvalue weighted by atomic mass is 9.98. The topological polar surface area (TPSA) is 29.1 Å². The van der Waals surface area contributed by atoms with Gasteiger partial charge in [0.25, 0.3) is 0 Å². The first-order valence-corrected chi connectivity index (χ1v) is 6.82. The molecule has 0 bridgehead atoms. The van der Waals surface area contributed by atoms with Crippen molar-refractivity contribution in [2.45, 2.75) is 47.1 Å². The van der Waals surface area contributed by atoms with Gasteiger partial charge in [-0.25, -0.2) is 0 Å². The fourth-order valence-electron chi connectivity index (χ4n) is 2.01. The van der Waals surface area contributed by atoms with E-state index in [-0.39, 0.29) is 5.91 Å². The molecule has 0 saturated carbocycles. The average molecular weight is 247 g/mol. The number of hydrogen-bond acceptors (Lipinski definition) is 1. The predicted octanol–water partition coefficient (Wildman–Crippen LogP) is 3.55. The summed E-state index contributed by atoms with van der Waals surface area (Å²) in [4.78, 5) is 11.6. The second-order valence-corrected chi connectivity index (χ2v) is 5.74. The van der Waals surface area contributed by atoms with E-state index in [4.69, 9.17) is 0 Å². The molecule has 1 rings (SSSR count). The minimum Gasteiger partial charge on any atom is -0.352 e. The van der Waals surface area contributed by atoms with Gasteiger partial charge in [0.15, 0.2) is 0 Å². The van der Waals surface area contributed by atoms with Crippen LogP contribution in [0.25, 0.3) is 0 Å². The van der Waals surface area contributed by atoms with E-state index in [0.29, 0.717) is 24.8 Å². The smallest absolute Gasteiger partial charge is 0.220 e. The van der Waals surface area contributed by atoms with Crippen molar-refractivity contribution in [2.24, 2.45) is 11.8 Å². The van der Waals surface area contributed by atoms with Gasteiger partial charge in [0, 0.05) is 13.0 Å². The number of carbonyl (C=O) groups is 1. The number of carbonyl (C=O) groups excluding carboxylic acids is 1. The van der Waals surface area contributed by atoms with E-state index >= 15 is 0 Å². The monoisotopic (exact) mass is 247 g/mol. The molecular formula is C16H25NO. The molecule has 100 valence electrons. The van der Waals surface area contributed by atoms with Gasteiger partial charge < -0.3 is 5.32 Å². The molecule has 0 heterocycles. The second kappa shape index (κ2) is 7.20. The molecule has 0 aliphatic heterocycles. The summed E-state index contributed by atoms with van der Waals surface area (Å²) >= 11 is 0. The van der Waals surface area contributed by atoms with Gasteiger partial charge in [0.2, 0.25) is 5.91 Å². The van der Waals surface area contributed by atoms with E-state index in [1.165, 1.54) is 11.1 Å². The largest absolute Gasteiger partial charge is 0.352 e. The Morgan fingerprint density at radius 2 is 1.67 bits per heavy atom. The molecule has 0 atom stereocenters. The number of amides is 1. The number of rotatable bonds is 6. The maximum Gasteiger partial charge on any atom is 0.220 e. The lowest BCUT2D eigenvalue weighted by molar-refractivity contribution is -0.121. The Balaban J connectivity index is 2.58. The summed E-state index contributed by atoms with van der Waals surface area (Å²) in [7, 11) is 0. The lowest BCUT2D eigenvalue weighted by Gasteiger charge is -2.13. The standard InChI is InChI=1S/C16H25NO/c1-12(2)9-14-7-5-6-8-15(14)11-17-16(18)10-13(3)4/h5-8,12-13H,9-11H2,1-4H3,(H,17,18). The predicted molar refractivity (Wildman–Crippen MR) is 76.3 cm³/mol.